The van der Waals surface area contributed by atoms with Gasteiger partial charge < -0.3 is 9.84 Å². The number of rotatable bonds is 6. The van der Waals surface area contributed by atoms with Crippen molar-refractivity contribution in [3.05, 3.63) is 0 Å². The number of ether oxygens (including phenoxy) is 1. The SMILES string of the molecule is CCCCCCC(O)C1COC(C)C1. The van der Waals surface area contributed by atoms with Crippen molar-refractivity contribution < 1.29 is 9.84 Å². The summed E-state index contributed by atoms with van der Waals surface area (Å²) in [6.07, 6.45) is 7.21. The van der Waals surface area contributed by atoms with Gasteiger partial charge in [0.1, 0.15) is 0 Å². The molecule has 0 aromatic heterocycles. The monoisotopic (exact) mass is 200 g/mol. The second-order valence-corrected chi connectivity index (χ2v) is 4.56. The quantitative estimate of drug-likeness (QED) is 0.668. The van der Waals surface area contributed by atoms with Gasteiger partial charge in [-0.3, -0.25) is 0 Å². The van der Waals surface area contributed by atoms with Crippen LogP contribution < -0.4 is 0 Å². The maximum Gasteiger partial charge on any atom is 0.0591 e. The minimum Gasteiger partial charge on any atom is -0.393 e. The maximum atomic E-state index is 9.89. The molecule has 0 saturated carbocycles. The van der Waals surface area contributed by atoms with Gasteiger partial charge in [-0.15, -0.1) is 0 Å². The van der Waals surface area contributed by atoms with Crippen molar-refractivity contribution in [2.75, 3.05) is 6.61 Å². The first-order valence-electron chi connectivity index (χ1n) is 6.03. The molecule has 0 aromatic rings. The highest BCUT2D eigenvalue weighted by Crippen LogP contribution is 2.24. The zero-order chi connectivity index (χ0) is 10.4. The lowest BCUT2D eigenvalue weighted by atomic mass is 9.95. The standard InChI is InChI=1S/C12H24O2/c1-3-4-5-6-7-12(13)11-8-10(2)14-9-11/h10-13H,3-9H2,1-2H3. The van der Waals surface area contributed by atoms with Crippen LogP contribution >= 0.6 is 0 Å². The predicted molar refractivity (Wildman–Crippen MR) is 58.3 cm³/mol. The van der Waals surface area contributed by atoms with Crippen LogP contribution in [0.15, 0.2) is 0 Å². The van der Waals surface area contributed by atoms with Gasteiger partial charge in [-0.2, -0.15) is 0 Å². The first-order chi connectivity index (χ1) is 6.74. The Kier molecular flexibility index (Phi) is 5.49. The lowest BCUT2D eigenvalue weighted by molar-refractivity contribution is 0.0739. The van der Waals surface area contributed by atoms with E-state index in [9.17, 15) is 5.11 Å². The molecule has 1 fully saturated rings. The number of hydrogen-bond donors (Lipinski definition) is 1. The Morgan fingerprint density at radius 3 is 2.71 bits per heavy atom. The van der Waals surface area contributed by atoms with Crippen LogP contribution in [0, 0.1) is 5.92 Å². The lowest BCUT2D eigenvalue weighted by Crippen LogP contribution is -2.20. The summed E-state index contributed by atoms with van der Waals surface area (Å²) in [5.74, 6) is 0.395. The van der Waals surface area contributed by atoms with Crippen molar-refractivity contribution in [1.82, 2.24) is 0 Å². The molecule has 0 aromatic carbocycles. The van der Waals surface area contributed by atoms with Crippen molar-refractivity contribution in [2.45, 2.75) is 64.6 Å². The van der Waals surface area contributed by atoms with E-state index in [0.29, 0.717) is 12.0 Å². The summed E-state index contributed by atoms with van der Waals surface area (Å²) in [5, 5.41) is 9.89. The minimum atomic E-state index is -0.128. The van der Waals surface area contributed by atoms with Gasteiger partial charge in [0.05, 0.1) is 18.8 Å². The van der Waals surface area contributed by atoms with E-state index in [1.807, 2.05) is 0 Å². The van der Waals surface area contributed by atoms with E-state index in [0.717, 1.165) is 19.4 Å². The van der Waals surface area contributed by atoms with Crippen LogP contribution in [0.4, 0.5) is 0 Å². The normalized spacial score (nSPS) is 29.4. The van der Waals surface area contributed by atoms with Crippen LogP contribution in [-0.2, 0) is 4.74 Å². The van der Waals surface area contributed by atoms with Crippen LogP contribution in [0.5, 0.6) is 0 Å². The Morgan fingerprint density at radius 2 is 2.14 bits per heavy atom. The van der Waals surface area contributed by atoms with Crippen molar-refractivity contribution in [3.63, 3.8) is 0 Å². The lowest BCUT2D eigenvalue weighted by Gasteiger charge is -2.16. The van der Waals surface area contributed by atoms with Crippen molar-refractivity contribution in [1.29, 1.82) is 0 Å². The molecule has 14 heavy (non-hydrogen) atoms. The minimum absolute atomic E-state index is 0.128. The molecule has 1 heterocycles. The molecule has 1 N–H and O–H groups in total. The molecule has 3 atom stereocenters. The highest BCUT2D eigenvalue weighted by Gasteiger charge is 2.27. The third kappa shape index (κ3) is 3.97. The summed E-state index contributed by atoms with van der Waals surface area (Å²) >= 11 is 0. The zero-order valence-electron chi connectivity index (χ0n) is 9.54. The average molecular weight is 200 g/mol. The van der Waals surface area contributed by atoms with Gasteiger partial charge in [-0.25, -0.2) is 0 Å². The fraction of sp³-hybridized carbons (Fsp3) is 1.00. The van der Waals surface area contributed by atoms with E-state index >= 15 is 0 Å². The first kappa shape index (κ1) is 12.0. The van der Waals surface area contributed by atoms with E-state index in [-0.39, 0.29) is 6.10 Å². The van der Waals surface area contributed by atoms with Crippen LogP contribution in [0.1, 0.15) is 52.4 Å². The van der Waals surface area contributed by atoms with Crippen molar-refractivity contribution >= 4 is 0 Å². The Hall–Kier alpha value is -0.0800. The molecule has 1 rings (SSSR count). The summed E-state index contributed by atoms with van der Waals surface area (Å²) in [5.41, 5.74) is 0. The summed E-state index contributed by atoms with van der Waals surface area (Å²) in [4.78, 5) is 0. The highest BCUT2D eigenvalue weighted by molar-refractivity contribution is 4.76. The van der Waals surface area contributed by atoms with Gasteiger partial charge in [0.25, 0.3) is 0 Å². The van der Waals surface area contributed by atoms with Gasteiger partial charge in [0, 0.05) is 5.92 Å². The van der Waals surface area contributed by atoms with E-state index in [1.54, 1.807) is 0 Å². The third-order valence-electron chi connectivity index (χ3n) is 3.13. The predicted octanol–water partition coefficient (Wildman–Crippen LogP) is 2.74. The topological polar surface area (TPSA) is 29.5 Å². The fourth-order valence-corrected chi connectivity index (χ4v) is 2.13. The van der Waals surface area contributed by atoms with Gasteiger partial charge in [0.2, 0.25) is 0 Å². The largest absolute Gasteiger partial charge is 0.393 e. The van der Waals surface area contributed by atoms with E-state index in [4.69, 9.17) is 4.74 Å². The molecular formula is C12H24O2. The van der Waals surface area contributed by atoms with Crippen LogP contribution in [-0.4, -0.2) is 23.9 Å². The summed E-state index contributed by atoms with van der Waals surface area (Å²) in [6.45, 7) is 5.06. The molecule has 0 aliphatic carbocycles. The average Bonchev–Trinajstić information content (AvgIpc) is 2.59. The van der Waals surface area contributed by atoms with Crippen LogP contribution in [0.2, 0.25) is 0 Å². The smallest absolute Gasteiger partial charge is 0.0591 e. The molecule has 0 radical (unpaired) electrons. The van der Waals surface area contributed by atoms with Gasteiger partial charge in [-0.05, 0) is 19.8 Å². The molecule has 1 saturated heterocycles. The molecule has 1 aliphatic heterocycles. The fourth-order valence-electron chi connectivity index (χ4n) is 2.13. The third-order valence-corrected chi connectivity index (χ3v) is 3.13. The molecule has 2 heteroatoms. The zero-order valence-corrected chi connectivity index (χ0v) is 9.54. The van der Waals surface area contributed by atoms with E-state index in [2.05, 4.69) is 13.8 Å². The van der Waals surface area contributed by atoms with E-state index in [1.165, 1.54) is 25.7 Å². The van der Waals surface area contributed by atoms with Crippen molar-refractivity contribution in [3.8, 4) is 0 Å². The molecule has 3 unspecified atom stereocenters. The Bertz CT molecular complexity index is 147. The van der Waals surface area contributed by atoms with Crippen LogP contribution in [0.3, 0.4) is 0 Å². The molecular weight excluding hydrogens is 176 g/mol. The summed E-state index contributed by atoms with van der Waals surface area (Å²) in [7, 11) is 0. The number of unbranched alkanes of at least 4 members (excludes halogenated alkanes) is 3. The van der Waals surface area contributed by atoms with Gasteiger partial charge in [-0.1, -0.05) is 32.6 Å². The number of hydrogen-bond acceptors (Lipinski definition) is 2. The molecule has 0 bridgehead atoms. The Morgan fingerprint density at radius 1 is 1.36 bits per heavy atom. The van der Waals surface area contributed by atoms with Gasteiger partial charge in [0.15, 0.2) is 0 Å². The summed E-state index contributed by atoms with van der Waals surface area (Å²) < 4.78 is 5.45. The summed E-state index contributed by atoms with van der Waals surface area (Å²) in [6, 6.07) is 0. The Labute approximate surface area is 87.7 Å². The van der Waals surface area contributed by atoms with Crippen molar-refractivity contribution in [2.24, 2.45) is 5.92 Å². The van der Waals surface area contributed by atoms with Crippen LogP contribution in [0.25, 0.3) is 0 Å². The molecule has 1 aliphatic rings. The second-order valence-electron chi connectivity index (χ2n) is 4.56. The second kappa shape index (κ2) is 6.41. The number of aliphatic hydroxyl groups excluding tert-OH is 1. The van der Waals surface area contributed by atoms with Gasteiger partial charge >= 0.3 is 0 Å². The molecule has 0 spiro atoms. The highest BCUT2D eigenvalue weighted by atomic mass is 16.5. The molecule has 2 nitrogen and oxygen atoms in total. The first-order valence-corrected chi connectivity index (χ1v) is 6.03. The number of aliphatic hydroxyl groups is 1. The Balaban J connectivity index is 2.06. The molecule has 0 amide bonds. The van der Waals surface area contributed by atoms with E-state index < -0.39 is 0 Å². The maximum absolute atomic E-state index is 9.89. The molecule has 84 valence electrons.